The molecule has 2 N–H and O–H groups in total. The second-order valence-electron chi connectivity index (χ2n) is 2.83. The molecule has 1 heterocycles. The number of nitrogens with two attached hydrogens (primary N) is 1. The van der Waals surface area contributed by atoms with Gasteiger partial charge in [0.1, 0.15) is 5.82 Å². The zero-order chi connectivity index (χ0) is 12.2. The normalized spacial score (nSPS) is 11.5. The highest BCUT2D eigenvalue weighted by atomic mass is 32.2. The number of halogens is 3. The number of nitrogens with zero attached hydrogens (tertiary/aromatic N) is 2. The Kier molecular flexibility index (Phi) is 4.22. The lowest BCUT2D eigenvalue weighted by Gasteiger charge is -2.08. The average Bonchev–Trinajstić information content (AvgIpc) is 2.14. The molecule has 16 heavy (non-hydrogen) atoms. The van der Waals surface area contributed by atoms with E-state index in [1.54, 1.807) is 6.26 Å². The van der Waals surface area contributed by atoms with Gasteiger partial charge < -0.3 is 10.5 Å². The first kappa shape index (κ1) is 12.9. The van der Waals surface area contributed by atoms with E-state index in [2.05, 4.69) is 9.97 Å². The maximum atomic E-state index is 11.8. The Labute approximate surface area is 94.4 Å². The maximum absolute atomic E-state index is 11.8. The Morgan fingerprint density at radius 1 is 1.44 bits per heavy atom. The zero-order valence-electron chi connectivity index (χ0n) is 8.41. The summed E-state index contributed by atoms with van der Waals surface area (Å²) in [5.41, 5.74) is 5.43. The van der Waals surface area contributed by atoms with Gasteiger partial charge in [0.2, 0.25) is 5.88 Å². The number of aromatic nitrogens is 2. The van der Waals surface area contributed by atoms with Crippen molar-refractivity contribution in [2.75, 3.05) is 18.6 Å². The molecular formula is C8H10F3N3OS. The third-order valence-electron chi connectivity index (χ3n) is 1.52. The number of thioether (sulfide) groups is 1. The van der Waals surface area contributed by atoms with Crippen LogP contribution in [0.3, 0.4) is 0 Å². The van der Waals surface area contributed by atoms with Crippen molar-refractivity contribution in [1.82, 2.24) is 9.97 Å². The van der Waals surface area contributed by atoms with Crippen LogP contribution in [-0.4, -0.2) is 29.0 Å². The molecule has 0 aliphatic rings. The molecule has 0 saturated heterocycles. The van der Waals surface area contributed by atoms with Crippen LogP contribution in [0.25, 0.3) is 0 Å². The van der Waals surface area contributed by atoms with Gasteiger partial charge in [-0.2, -0.15) is 18.2 Å². The summed E-state index contributed by atoms with van der Waals surface area (Å²) >= 11 is 1.23. The number of rotatable bonds is 4. The first-order valence-corrected chi connectivity index (χ1v) is 5.51. The molecule has 0 fully saturated rings. The fraction of sp³-hybridized carbons (Fsp3) is 0.500. The maximum Gasteiger partial charge on any atom is 0.392 e. The predicted molar refractivity (Wildman–Crippen MR) is 54.4 cm³/mol. The summed E-state index contributed by atoms with van der Waals surface area (Å²) in [6.07, 6.45) is -3.53. The molecule has 0 spiro atoms. The Balaban J connectivity index is 2.57. The van der Waals surface area contributed by atoms with E-state index in [9.17, 15) is 13.2 Å². The van der Waals surface area contributed by atoms with E-state index < -0.39 is 19.2 Å². The van der Waals surface area contributed by atoms with Crippen LogP contribution in [-0.2, 0) is 0 Å². The standard InChI is InChI=1S/C8H10F3N3OS/c1-16-7-13-5(12)4-6(14-7)15-3-2-8(9,10)11/h4H,2-3H2,1H3,(H2,12,13,14). The van der Waals surface area contributed by atoms with Crippen molar-refractivity contribution >= 4 is 17.6 Å². The van der Waals surface area contributed by atoms with E-state index in [-0.39, 0.29) is 11.7 Å². The first-order valence-electron chi connectivity index (χ1n) is 4.29. The average molecular weight is 253 g/mol. The smallest absolute Gasteiger partial charge is 0.392 e. The summed E-state index contributed by atoms with van der Waals surface area (Å²) < 4.78 is 40.4. The second kappa shape index (κ2) is 5.24. The van der Waals surface area contributed by atoms with Crippen molar-refractivity contribution in [3.05, 3.63) is 6.07 Å². The summed E-state index contributed by atoms with van der Waals surface area (Å²) in [5, 5.41) is 0.363. The molecule has 4 nitrogen and oxygen atoms in total. The van der Waals surface area contributed by atoms with Crippen molar-refractivity contribution in [3.8, 4) is 5.88 Å². The Morgan fingerprint density at radius 3 is 2.69 bits per heavy atom. The Morgan fingerprint density at radius 2 is 2.12 bits per heavy atom. The molecule has 8 heteroatoms. The lowest BCUT2D eigenvalue weighted by atomic mass is 10.4. The van der Waals surface area contributed by atoms with Gasteiger partial charge in [0.25, 0.3) is 0 Å². The van der Waals surface area contributed by atoms with Gasteiger partial charge in [0.05, 0.1) is 13.0 Å². The monoisotopic (exact) mass is 253 g/mol. The molecule has 0 bridgehead atoms. The van der Waals surface area contributed by atoms with Gasteiger partial charge in [-0.1, -0.05) is 11.8 Å². The van der Waals surface area contributed by atoms with E-state index in [0.29, 0.717) is 5.16 Å². The summed E-state index contributed by atoms with van der Waals surface area (Å²) in [6.45, 7) is -0.478. The molecule has 1 aromatic rings. The number of hydrogen-bond acceptors (Lipinski definition) is 5. The minimum absolute atomic E-state index is 0.0566. The zero-order valence-corrected chi connectivity index (χ0v) is 9.23. The third kappa shape index (κ3) is 4.56. The van der Waals surface area contributed by atoms with Gasteiger partial charge in [-0.25, -0.2) is 4.98 Å². The molecule has 0 unspecified atom stereocenters. The van der Waals surface area contributed by atoms with Crippen molar-refractivity contribution in [3.63, 3.8) is 0 Å². The minimum Gasteiger partial charge on any atom is -0.477 e. The Hall–Kier alpha value is -1.18. The quantitative estimate of drug-likeness (QED) is 0.657. The molecule has 1 rings (SSSR count). The van der Waals surface area contributed by atoms with Crippen molar-refractivity contribution < 1.29 is 17.9 Å². The number of hydrogen-bond donors (Lipinski definition) is 1. The highest BCUT2D eigenvalue weighted by Crippen LogP contribution is 2.21. The van der Waals surface area contributed by atoms with Crippen LogP contribution < -0.4 is 10.5 Å². The molecule has 0 saturated carbocycles. The van der Waals surface area contributed by atoms with Gasteiger partial charge in [-0.15, -0.1) is 0 Å². The predicted octanol–water partition coefficient (Wildman–Crippen LogP) is 2.11. The van der Waals surface area contributed by atoms with Crippen molar-refractivity contribution in [1.29, 1.82) is 0 Å². The summed E-state index contributed by atoms with van der Waals surface area (Å²) in [6, 6.07) is 1.29. The number of alkyl halides is 3. The van der Waals surface area contributed by atoms with Gasteiger partial charge in [0, 0.05) is 6.07 Å². The first-order chi connectivity index (χ1) is 7.40. The molecule has 0 amide bonds. The van der Waals surface area contributed by atoms with Crippen molar-refractivity contribution in [2.24, 2.45) is 0 Å². The van der Waals surface area contributed by atoms with Crippen LogP contribution in [0.2, 0.25) is 0 Å². The van der Waals surface area contributed by atoms with Gasteiger partial charge in [0.15, 0.2) is 5.16 Å². The number of ether oxygens (including phenoxy) is 1. The molecule has 0 aliphatic carbocycles. The van der Waals surface area contributed by atoms with Crippen LogP contribution in [0, 0.1) is 0 Å². The fourth-order valence-electron chi connectivity index (χ4n) is 0.857. The van der Waals surface area contributed by atoms with Gasteiger partial charge >= 0.3 is 6.18 Å². The Bertz CT molecular complexity index is 359. The highest BCUT2D eigenvalue weighted by molar-refractivity contribution is 7.98. The third-order valence-corrected chi connectivity index (χ3v) is 2.07. The van der Waals surface area contributed by atoms with E-state index in [0.717, 1.165) is 0 Å². The topological polar surface area (TPSA) is 61.0 Å². The van der Waals surface area contributed by atoms with Crippen LogP contribution in [0.5, 0.6) is 5.88 Å². The van der Waals surface area contributed by atoms with E-state index >= 15 is 0 Å². The van der Waals surface area contributed by atoms with Crippen molar-refractivity contribution in [2.45, 2.75) is 17.8 Å². The summed E-state index contributed by atoms with van der Waals surface area (Å²) in [7, 11) is 0. The number of nitrogen functional groups attached to an aromatic ring is 1. The summed E-state index contributed by atoms with van der Waals surface area (Å²) in [4.78, 5) is 7.69. The SMILES string of the molecule is CSc1nc(N)cc(OCCC(F)(F)F)n1. The minimum atomic E-state index is -4.24. The molecule has 1 aromatic heterocycles. The van der Waals surface area contributed by atoms with Gasteiger partial charge in [-0.3, -0.25) is 0 Å². The number of anilines is 1. The molecular weight excluding hydrogens is 243 g/mol. The molecule has 0 atom stereocenters. The molecule has 0 radical (unpaired) electrons. The summed E-state index contributed by atoms with van der Waals surface area (Å²) in [5.74, 6) is 0.224. The van der Waals surface area contributed by atoms with Crippen LogP contribution in [0.15, 0.2) is 11.2 Å². The lowest BCUT2D eigenvalue weighted by Crippen LogP contribution is -2.13. The molecule has 0 aromatic carbocycles. The van der Waals surface area contributed by atoms with E-state index in [1.165, 1.54) is 17.8 Å². The van der Waals surface area contributed by atoms with Crippen LogP contribution >= 0.6 is 11.8 Å². The highest BCUT2D eigenvalue weighted by Gasteiger charge is 2.26. The molecule has 0 aliphatic heterocycles. The van der Waals surface area contributed by atoms with Crippen LogP contribution in [0.4, 0.5) is 19.0 Å². The van der Waals surface area contributed by atoms with Crippen LogP contribution in [0.1, 0.15) is 6.42 Å². The van der Waals surface area contributed by atoms with Gasteiger partial charge in [-0.05, 0) is 6.26 Å². The largest absolute Gasteiger partial charge is 0.477 e. The lowest BCUT2D eigenvalue weighted by molar-refractivity contribution is -0.139. The molecule has 90 valence electrons. The fourth-order valence-corrected chi connectivity index (χ4v) is 1.24. The van der Waals surface area contributed by atoms with E-state index in [1.807, 2.05) is 0 Å². The van der Waals surface area contributed by atoms with E-state index in [4.69, 9.17) is 10.5 Å². The second-order valence-corrected chi connectivity index (χ2v) is 3.60.